The smallest absolute Gasteiger partial charge is 0.261 e. The van der Waals surface area contributed by atoms with E-state index in [4.69, 9.17) is 11.6 Å². The van der Waals surface area contributed by atoms with Crippen LogP contribution < -0.4 is 9.62 Å². The van der Waals surface area contributed by atoms with E-state index in [9.17, 15) is 13.2 Å². The van der Waals surface area contributed by atoms with Gasteiger partial charge in [0.2, 0.25) is 5.91 Å². The monoisotopic (exact) mass is 364 g/mol. The van der Waals surface area contributed by atoms with E-state index in [0.717, 1.165) is 24.1 Å². The van der Waals surface area contributed by atoms with Crippen LogP contribution in [0.4, 0.5) is 11.4 Å². The summed E-state index contributed by atoms with van der Waals surface area (Å²) >= 11 is 5.89. The predicted molar refractivity (Wildman–Crippen MR) is 95.1 cm³/mol. The summed E-state index contributed by atoms with van der Waals surface area (Å²) in [6.07, 6.45) is 1.57. The molecule has 5 nitrogen and oxygen atoms in total. The minimum atomic E-state index is -3.71. The summed E-state index contributed by atoms with van der Waals surface area (Å²) in [5, 5.41) is 0.456. The van der Waals surface area contributed by atoms with E-state index in [2.05, 4.69) is 4.72 Å². The lowest BCUT2D eigenvalue weighted by Crippen LogP contribution is -2.33. The third-order valence-corrected chi connectivity index (χ3v) is 5.55. The molecule has 0 fully saturated rings. The molecule has 0 aromatic heterocycles. The molecule has 1 heterocycles. The minimum absolute atomic E-state index is 0.0383. The van der Waals surface area contributed by atoms with E-state index in [1.165, 1.54) is 13.0 Å². The molecule has 0 spiro atoms. The molecule has 1 amide bonds. The molecule has 0 bridgehead atoms. The highest BCUT2D eigenvalue weighted by molar-refractivity contribution is 7.92. The van der Waals surface area contributed by atoms with Crippen LogP contribution in [0.2, 0.25) is 5.02 Å². The van der Waals surface area contributed by atoms with Gasteiger partial charge in [0.25, 0.3) is 10.0 Å². The summed E-state index contributed by atoms with van der Waals surface area (Å²) in [6, 6.07) is 11.4. The molecule has 0 saturated heterocycles. The van der Waals surface area contributed by atoms with Crippen molar-refractivity contribution in [2.24, 2.45) is 0 Å². The summed E-state index contributed by atoms with van der Waals surface area (Å²) in [4.78, 5) is 13.6. The van der Waals surface area contributed by atoms with Crippen LogP contribution in [0.15, 0.2) is 47.4 Å². The molecule has 0 radical (unpaired) electrons. The van der Waals surface area contributed by atoms with Gasteiger partial charge in [-0.25, -0.2) is 8.42 Å². The first kappa shape index (κ1) is 16.8. The number of fused-ring (bicyclic) bond motifs is 1. The summed E-state index contributed by atoms with van der Waals surface area (Å²) < 4.78 is 27.7. The maximum atomic E-state index is 12.6. The topological polar surface area (TPSA) is 66.5 Å². The Morgan fingerprint density at radius 1 is 1.21 bits per heavy atom. The number of benzene rings is 2. The number of aryl methyl sites for hydroxylation is 1. The van der Waals surface area contributed by atoms with Gasteiger partial charge in [-0.3, -0.25) is 9.52 Å². The van der Waals surface area contributed by atoms with Crippen LogP contribution in [-0.2, 0) is 21.2 Å². The van der Waals surface area contributed by atoms with Gasteiger partial charge in [0, 0.05) is 24.2 Å². The van der Waals surface area contributed by atoms with Crippen LogP contribution in [0.5, 0.6) is 0 Å². The van der Waals surface area contributed by atoms with Gasteiger partial charge in [-0.15, -0.1) is 0 Å². The van der Waals surface area contributed by atoms with Crippen LogP contribution >= 0.6 is 11.6 Å². The van der Waals surface area contributed by atoms with E-state index >= 15 is 0 Å². The third-order valence-electron chi connectivity index (χ3n) is 3.94. The molecule has 0 atom stereocenters. The molecule has 1 aliphatic rings. The number of nitrogens with zero attached hydrogens (tertiary/aromatic N) is 1. The molecule has 2 aromatic carbocycles. The van der Waals surface area contributed by atoms with Crippen molar-refractivity contribution in [2.45, 2.75) is 24.7 Å². The fourth-order valence-corrected chi connectivity index (χ4v) is 4.12. The van der Waals surface area contributed by atoms with Crippen LogP contribution in [0.3, 0.4) is 0 Å². The van der Waals surface area contributed by atoms with Gasteiger partial charge >= 0.3 is 0 Å². The second-order valence-corrected chi connectivity index (χ2v) is 7.80. The fraction of sp³-hybridized carbons (Fsp3) is 0.235. The van der Waals surface area contributed by atoms with Crippen LogP contribution in [0, 0.1) is 0 Å². The van der Waals surface area contributed by atoms with Crippen molar-refractivity contribution >= 4 is 38.9 Å². The first-order valence-electron chi connectivity index (χ1n) is 7.56. The zero-order chi connectivity index (χ0) is 17.3. The van der Waals surface area contributed by atoms with Crippen molar-refractivity contribution in [3.05, 3.63) is 53.1 Å². The second-order valence-electron chi connectivity index (χ2n) is 5.68. The number of amides is 1. The van der Waals surface area contributed by atoms with Gasteiger partial charge in [-0.1, -0.05) is 17.7 Å². The summed E-state index contributed by atoms with van der Waals surface area (Å²) in [5.74, 6) is -0.0383. The lowest BCUT2D eigenvalue weighted by atomic mass is 10.0. The van der Waals surface area contributed by atoms with E-state index in [-0.39, 0.29) is 10.8 Å². The molecule has 1 N–H and O–H groups in total. The summed E-state index contributed by atoms with van der Waals surface area (Å²) in [5.41, 5.74) is 2.06. The second kappa shape index (κ2) is 6.45. The number of sulfonamides is 1. The van der Waals surface area contributed by atoms with Crippen molar-refractivity contribution < 1.29 is 13.2 Å². The fourth-order valence-electron chi connectivity index (χ4n) is 2.83. The predicted octanol–water partition coefficient (Wildman–Crippen LogP) is 3.44. The largest absolute Gasteiger partial charge is 0.312 e. The highest BCUT2D eigenvalue weighted by Crippen LogP contribution is 2.30. The van der Waals surface area contributed by atoms with Crippen molar-refractivity contribution in [3.8, 4) is 0 Å². The maximum absolute atomic E-state index is 12.6. The molecule has 0 aliphatic carbocycles. The van der Waals surface area contributed by atoms with Crippen molar-refractivity contribution in [2.75, 3.05) is 16.2 Å². The Labute approximate surface area is 146 Å². The van der Waals surface area contributed by atoms with Crippen molar-refractivity contribution in [3.63, 3.8) is 0 Å². The van der Waals surface area contributed by atoms with Gasteiger partial charge < -0.3 is 4.90 Å². The minimum Gasteiger partial charge on any atom is -0.312 e. The van der Waals surface area contributed by atoms with E-state index < -0.39 is 10.0 Å². The summed E-state index contributed by atoms with van der Waals surface area (Å²) in [6.45, 7) is 2.18. The van der Waals surface area contributed by atoms with Crippen molar-refractivity contribution in [1.29, 1.82) is 0 Å². The molecule has 0 saturated carbocycles. The Hall–Kier alpha value is -2.05. The molecule has 7 heteroatoms. The van der Waals surface area contributed by atoms with Crippen LogP contribution in [0.1, 0.15) is 18.9 Å². The molecule has 1 aliphatic heterocycles. The standard InChI is InChI=1S/C17H17ClN2O3S/c1-12(21)20-9-3-4-13-10-16(7-8-17(13)20)24(22,23)19-15-6-2-5-14(18)11-15/h2,5-8,10-11,19H,3-4,9H2,1H3. The number of halogens is 1. The Morgan fingerprint density at radius 2 is 2.00 bits per heavy atom. The lowest BCUT2D eigenvalue weighted by Gasteiger charge is -2.28. The normalized spacial score (nSPS) is 14.2. The highest BCUT2D eigenvalue weighted by atomic mass is 35.5. The number of hydrogen-bond donors (Lipinski definition) is 1. The zero-order valence-corrected chi connectivity index (χ0v) is 14.7. The quantitative estimate of drug-likeness (QED) is 0.907. The first-order chi connectivity index (χ1) is 11.4. The number of nitrogens with one attached hydrogen (secondary N) is 1. The number of anilines is 2. The Kier molecular flexibility index (Phi) is 4.51. The SMILES string of the molecule is CC(=O)N1CCCc2cc(S(=O)(=O)Nc3cccc(Cl)c3)ccc21. The number of rotatable bonds is 3. The van der Waals surface area contributed by atoms with Crippen molar-refractivity contribution in [1.82, 2.24) is 0 Å². The van der Waals surface area contributed by atoms with E-state index in [1.807, 2.05) is 0 Å². The highest BCUT2D eigenvalue weighted by Gasteiger charge is 2.23. The van der Waals surface area contributed by atoms with Crippen LogP contribution in [0.25, 0.3) is 0 Å². The molecule has 24 heavy (non-hydrogen) atoms. The Bertz CT molecular complexity index is 896. The average Bonchev–Trinajstić information content (AvgIpc) is 2.53. The zero-order valence-electron chi connectivity index (χ0n) is 13.1. The lowest BCUT2D eigenvalue weighted by molar-refractivity contribution is -0.116. The molecular weight excluding hydrogens is 348 g/mol. The Morgan fingerprint density at radius 3 is 2.71 bits per heavy atom. The molecular formula is C17H17ClN2O3S. The number of hydrogen-bond acceptors (Lipinski definition) is 3. The summed E-state index contributed by atoms with van der Waals surface area (Å²) in [7, 11) is -3.71. The van der Waals surface area contributed by atoms with Gasteiger partial charge in [-0.05, 0) is 54.8 Å². The van der Waals surface area contributed by atoms with Gasteiger partial charge in [0.1, 0.15) is 0 Å². The maximum Gasteiger partial charge on any atom is 0.261 e. The Balaban J connectivity index is 1.93. The average molecular weight is 365 g/mol. The molecule has 2 aromatic rings. The molecule has 0 unspecified atom stereocenters. The molecule has 3 rings (SSSR count). The number of carbonyl (C=O) groups excluding carboxylic acids is 1. The third kappa shape index (κ3) is 3.39. The van der Waals surface area contributed by atoms with Gasteiger partial charge in [-0.2, -0.15) is 0 Å². The first-order valence-corrected chi connectivity index (χ1v) is 9.42. The van der Waals surface area contributed by atoms with Crippen LogP contribution in [-0.4, -0.2) is 20.9 Å². The van der Waals surface area contributed by atoms with Gasteiger partial charge in [0.15, 0.2) is 0 Å². The van der Waals surface area contributed by atoms with E-state index in [0.29, 0.717) is 17.3 Å². The number of carbonyl (C=O) groups is 1. The van der Waals surface area contributed by atoms with E-state index in [1.54, 1.807) is 41.3 Å². The molecule has 126 valence electrons. The van der Waals surface area contributed by atoms with Gasteiger partial charge in [0.05, 0.1) is 10.6 Å².